The molecule has 0 spiro atoms. The lowest BCUT2D eigenvalue weighted by Gasteiger charge is -2.32. The number of carbonyl (C=O) groups excluding carboxylic acids is 1. The van der Waals surface area contributed by atoms with Gasteiger partial charge in [-0.15, -0.1) is 0 Å². The molecule has 6 nitrogen and oxygen atoms in total. The standard InChI is InChI=1S/C25H27N5O/c1-17-13-18(2)30(28-17)15-19-7-5-8-20(14-19)25(31)29-12-6-9-21(16-29)24-26-22-10-3-4-11-23(22)27-24/h3-5,7-8,10-11,13-14,21H,6,9,12,15-16H2,1-2H3,(H,26,27). The Hall–Kier alpha value is -3.41. The van der Waals surface area contributed by atoms with Crippen molar-refractivity contribution in [1.82, 2.24) is 24.6 Å². The molecule has 2 aromatic carbocycles. The van der Waals surface area contributed by atoms with Crippen LogP contribution >= 0.6 is 0 Å². The first-order valence-corrected chi connectivity index (χ1v) is 10.9. The molecule has 2 aromatic heterocycles. The van der Waals surface area contributed by atoms with Crippen LogP contribution in [0.5, 0.6) is 0 Å². The van der Waals surface area contributed by atoms with Crippen LogP contribution in [-0.2, 0) is 6.54 Å². The number of hydrogen-bond donors (Lipinski definition) is 1. The first kappa shape index (κ1) is 19.5. The van der Waals surface area contributed by atoms with E-state index in [1.807, 2.05) is 59.0 Å². The molecule has 0 radical (unpaired) electrons. The number of imidazole rings is 1. The molecule has 4 aromatic rings. The molecule has 1 saturated heterocycles. The summed E-state index contributed by atoms with van der Waals surface area (Å²) >= 11 is 0. The Balaban J connectivity index is 1.33. The Morgan fingerprint density at radius 1 is 1.13 bits per heavy atom. The number of hydrogen-bond acceptors (Lipinski definition) is 3. The van der Waals surface area contributed by atoms with Crippen LogP contribution in [0.1, 0.15) is 51.9 Å². The predicted molar refractivity (Wildman–Crippen MR) is 121 cm³/mol. The van der Waals surface area contributed by atoms with Crippen LogP contribution in [0.25, 0.3) is 11.0 Å². The third-order valence-electron chi connectivity index (χ3n) is 6.11. The van der Waals surface area contributed by atoms with E-state index in [0.29, 0.717) is 13.1 Å². The summed E-state index contributed by atoms with van der Waals surface area (Å²) < 4.78 is 1.98. The summed E-state index contributed by atoms with van der Waals surface area (Å²) in [5, 5.41) is 4.54. The van der Waals surface area contributed by atoms with Gasteiger partial charge in [0.25, 0.3) is 5.91 Å². The Bertz CT molecular complexity index is 1200. The van der Waals surface area contributed by atoms with Crippen LogP contribution in [0.15, 0.2) is 54.6 Å². The van der Waals surface area contributed by atoms with E-state index in [-0.39, 0.29) is 11.8 Å². The maximum atomic E-state index is 13.3. The lowest BCUT2D eigenvalue weighted by atomic mass is 9.96. The smallest absolute Gasteiger partial charge is 0.253 e. The summed E-state index contributed by atoms with van der Waals surface area (Å²) in [7, 11) is 0. The second-order valence-corrected chi connectivity index (χ2v) is 8.51. The number of carbonyl (C=O) groups is 1. The van der Waals surface area contributed by atoms with Gasteiger partial charge in [0.05, 0.1) is 23.3 Å². The number of H-pyrrole nitrogens is 1. The van der Waals surface area contributed by atoms with Crippen LogP contribution in [0.2, 0.25) is 0 Å². The van der Waals surface area contributed by atoms with Gasteiger partial charge in [-0.3, -0.25) is 9.48 Å². The van der Waals surface area contributed by atoms with Gasteiger partial charge in [-0.25, -0.2) is 4.98 Å². The molecule has 1 atom stereocenters. The molecule has 5 rings (SSSR count). The van der Waals surface area contributed by atoms with Crippen LogP contribution < -0.4 is 0 Å². The van der Waals surface area contributed by atoms with Gasteiger partial charge >= 0.3 is 0 Å². The fraction of sp³-hybridized carbons (Fsp3) is 0.320. The summed E-state index contributed by atoms with van der Waals surface area (Å²) in [4.78, 5) is 23.5. The van der Waals surface area contributed by atoms with Crippen LogP contribution in [0.4, 0.5) is 0 Å². The molecule has 0 saturated carbocycles. The molecule has 1 N–H and O–H groups in total. The second-order valence-electron chi connectivity index (χ2n) is 8.51. The number of amides is 1. The summed E-state index contributed by atoms with van der Waals surface area (Å²) in [6, 6.07) is 18.1. The molecular formula is C25H27N5O. The molecular weight excluding hydrogens is 386 g/mol. The molecule has 31 heavy (non-hydrogen) atoms. The monoisotopic (exact) mass is 413 g/mol. The number of nitrogens with one attached hydrogen (secondary N) is 1. The largest absolute Gasteiger partial charge is 0.342 e. The highest BCUT2D eigenvalue weighted by Gasteiger charge is 2.27. The van der Waals surface area contributed by atoms with Gasteiger partial charge in [-0.2, -0.15) is 5.10 Å². The molecule has 6 heteroatoms. The Morgan fingerprint density at radius 2 is 2.00 bits per heavy atom. The quantitative estimate of drug-likeness (QED) is 0.538. The van der Waals surface area contributed by atoms with Crippen molar-refractivity contribution in [3.63, 3.8) is 0 Å². The fourth-order valence-corrected chi connectivity index (χ4v) is 4.54. The number of aryl methyl sites for hydroxylation is 2. The van der Waals surface area contributed by atoms with Crippen molar-refractivity contribution in [3.8, 4) is 0 Å². The van der Waals surface area contributed by atoms with Crippen molar-refractivity contribution < 1.29 is 4.79 Å². The lowest BCUT2D eigenvalue weighted by molar-refractivity contribution is 0.0705. The van der Waals surface area contributed by atoms with Crippen molar-refractivity contribution in [3.05, 3.63) is 82.9 Å². The van der Waals surface area contributed by atoms with Gasteiger partial charge in [-0.05, 0) is 62.6 Å². The minimum atomic E-state index is 0.0935. The highest BCUT2D eigenvalue weighted by atomic mass is 16.2. The number of fused-ring (bicyclic) bond motifs is 1. The van der Waals surface area contributed by atoms with Gasteiger partial charge < -0.3 is 9.88 Å². The third kappa shape index (κ3) is 3.98. The third-order valence-corrected chi connectivity index (χ3v) is 6.11. The van der Waals surface area contributed by atoms with Crippen molar-refractivity contribution in [2.45, 2.75) is 39.2 Å². The first-order chi connectivity index (χ1) is 15.1. The maximum absolute atomic E-state index is 13.3. The van der Waals surface area contributed by atoms with E-state index in [4.69, 9.17) is 4.98 Å². The molecule has 1 aliphatic rings. The molecule has 158 valence electrons. The first-order valence-electron chi connectivity index (χ1n) is 10.9. The van der Waals surface area contributed by atoms with E-state index in [9.17, 15) is 4.79 Å². The van der Waals surface area contributed by atoms with Gasteiger partial charge in [0.15, 0.2) is 0 Å². The second kappa shape index (κ2) is 8.02. The molecule has 0 bridgehead atoms. The highest BCUT2D eigenvalue weighted by Crippen LogP contribution is 2.27. The molecule has 1 fully saturated rings. The Kier molecular flexibility index (Phi) is 5.06. The molecule has 1 amide bonds. The van der Waals surface area contributed by atoms with Gasteiger partial charge in [-0.1, -0.05) is 24.3 Å². The number of rotatable bonds is 4. The average molecular weight is 414 g/mol. The predicted octanol–water partition coefficient (Wildman–Crippen LogP) is 4.44. The zero-order valence-electron chi connectivity index (χ0n) is 18.0. The zero-order chi connectivity index (χ0) is 21.4. The minimum absolute atomic E-state index is 0.0935. The highest BCUT2D eigenvalue weighted by molar-refractivity contribution is 5.94. The lowest BCUT2D eigenvalue weighted by Crippen LogP contribution is -2.39. The SMILES string of the molecule is Cc1cc(C)n(Cc2cccc(C(=O)N3CCCC(c4nc5ccccc5[nH]4)C3)c2)n1. The van der Waals surface area contributed by atoms with Gasteiger partial charge in [0, 0.05) is 30.3 Å². The van der Waals surface area contributed by atoms with E-state index in [1.165, 1.54) is 0 Å². The van der Waals surface area contributed by atoms with E-state index in [2.05, 4.69) is 29.1 Å². The van der Waals surface area contributed by atoms with Crippen molar-refractivity contribution in [1.29, 1.82) is 0 Å². The Labute approximate surface area is 181 Å². The minimum Gasteiger partial charge on any atom is -0.342 e. The number of aromatic amines is 1. The van der Waals surface area contributed by atoms with E-state index >= 15 is 0 Å². The summed E-state index contributed by atoms with van der Waals surface area (Å²) in [6.07, 6.45) is 2.03. The Morgan fingerprint density at radius 3 is 2.81 bits per heavy atom. The number of nitrogens with zero attached hydrogens (tertiary/aromatic N) is 4. The summed E-state index contributed by atoms with van der Waals surface area (Å²) in [5.74, 6) is 1.32. The molecule has 1 unspecified atom stereocenters. The number of piperidine rings is 1. The molecule has 3 heterocycles. The maximum Gasteiger partial charge on any atom is 0.253 e. The van der Waals surface area contributed by atoms with Crippen LogP contribution in [0, 0.1) is 13.8 Å². The topological polar surface area (TPSA) is 66.8 Å². The number of likely N-dealkylation sites (tertiary alicyclic amines) is 1. The summed E-state index contributed by atoms with van der Waals surface area (Å²) in [6.45, 7) is 6.21. The van der Waals surface area contributed by atoms with Crippen LogP contribution in [-0.4, -0.2) is 43.6 Å². The molecule has 1 aliphatic heterocycles. The summed E-state index contributed by atoms with van der Waals surface area (Å²) in [5.41, 5.74) is 6.00. The fourth-order valence-electron chi connectivity index (χ4n) is 4.54. The van der Waals surface area contributed by atoms with E-state index < -0.39 is 0 Å². The normalized spacial score (nSPS) is 16.7. The number of aromatic nitrogens is 4. The van der Waals surface area contributed by atoms with E-state index in [1.54, 1.807) is 0 Å². The average Bonchev–Trinajstić information content (AvgIpc) is 3.36. The van der Waals surface area contributed by atoms with Crippen molar-refractivity contribution in [2.75, 3.05) is 13.1 Å². The zero-order valence-corrected chi connectivity index (χ0v) is 18.0. The van der Waals surface area contributed by atoms with Crippen LogP contribution in [0.3, 0.4) is 0 Å². The van der Waals surface area contributed by atoms with Crippen molar-refractivity contribution in [2.24, 2.45) is 0 Å². The van der Waals surface area contributed by atoms with Crippen molar-refractivity contribution >= 4 is 16.9 Å². The number of benzene rings is 2. The molecule has 0 aliphatic carbocycles. The van der Waals surface area contributed by atoms with Gasteiger partial charge in [0.2, 0.25) is 0 Å². The van der Waals surface area contributed by atoms with E-state index in [0.717, 1.165) is 58.8 Å². The van der Waals surface area contributed by atoms with Gasteiger partial charge in [0.1, 0.15) is 5.82 Å². The number of para-hydroxylation sites is 2.